The van der Waals surface area contributed by atoms with Crippen LogP contribution >= 0.6 is 0 Å². The topological polar surface area (TPSA) is 153 Å². The van der Waals surface area contributed by atoms with E-state index in [9.17, 15) is 13.2 Å². The number of hydrogen-bond acceptors (Lipinski definition) is 10. The Balaban J connectivity index is 1.75. The molecule has 12 heteroatoms. The number of ether oxygens (including phenoxy) is 4. The smallest absolute Gasteiger partial charge is 0.338 e. The summed E-state index contributed by atoms with van der Waals surface area (Å²) in [7, 11) is 0.206. The zero-order chi connectivity index (χ0) is 22.6. The highest BCUT2D eigenvalue weighted by Crippen LogP contribution is 2.31. The summed E-state index contributed by atoms with van der Waals surface area (Å²) in [6.45, 7) is -0.332. The number of benzene rings is 2. The van der Waals surface area contributed by atoms with Crippen molar-refractivity contribution >= 4 is 16.0 Å². The highest BCUT2D eigenvalue weighted by atomic mass is 32.2. The van der Waals surface area contributed by atoms with Gasteiger partial charge in [0.25, 0.3) is 5.89 Å². The van der Waals surface area contributed by atoms with Crippen LogP contribution in [0.4, 0.5) is 0 Å². The second kappa shape index (κ2) is 9.02. The summed E-state index contributed by atoms with van der Waals surface area (Å²) in [5.41, 5.74) is 0.513. The normalized spacial score (nSPS) is 11.1. The fourth-order valence-corrected chi connectivity index (χ4v) is 3.37. The lowest BCUT2D eigenvalue weighted by atomic mass is 10.2. The summed E-state index contributed by atoms with van der Waals surface area (Å²) < 4.78 is 49.0. The molecule has 1 aromatic heterocycles. The van der Waals surface area contributed by atoms with E-state index < -0.39 is 16.0 Å². The number of aromatic nitrogens is 2. The van der Waals surface area contributed by atoms with Gasteiger partial charge in [-0.15, -0.1) is 0 Å². The summed E-state index contributed by atoms with van der Waals surface area (Å²) in [6, 6.07) is 8.79. The Morgan fingerprint density at radius 1 is 1.03 bits per heavy atom. The fraction of sp³-hybridized carbons (Fsp3) is 0.211. The van der Waals surface area contributed by atoms with Gasteiger partial charge in [-0.1, -0.05) is 5.16 Å². The lowest BCUT2D eigenvalue weighted by Crippen LogP contribution is -2.15. The van der Waals surface area contributed by atoms with Gasteiger partial charge in [-0.2, -0.15) is 4.98 Å². The molecule has 3 rings (SSSR count). The van der Waals surface area contributed by atoms with Crippen molar-refractivity contribution in [3.63, 3.8) is 0 Å². The van der Waals surface area contributed by atoms with Gasteiger partial charge in [-0.3, -0.25) is 0 Å². The maximum Gasteiger partial charge on any atom is 0.338 e. The molecule has 0 bridgehead atoms. The molecule has 164 valence electrons. The van der Waals surface area contributed by atoms with Crippen molar-refractivity contribution in [3.8, 4) is 28.6 Å². The second-order valence-electron chi connectivity index (χ2n) is 6.06. The van der Waals surface area contributed by atoms with E-state index >= 15 is 0 Å². The van der Waals surface area contributed by atoms with Crippen molar-refractivity contribution in [1.82, 2.24) is 10.1 Å². The Labute approximate surface area is 177 Å². The molecule has 0 saturated carbocycles. The van der Waals surface area contributed by atoms with Crippen molar-refractivity contribution in [3.05, 3.63) is 47.9 Å². The second-order valence-corrected chi connectivity index (χ2v) is 7.59. The molecule has 2 N–H and O–H groups in total. The van der Waals surface area contributed by atoms with Crippen LogP contribution in [0.1, 0.15) is 16.2 Å². The summed E-state index contributed by atoms with van der Waals surface area (Å²) in [5, 5.41) is 9.02. The SMILES string of the molecule is COc1ccc(-c2noc(COC(=O)c3ccc(OC)c(S(N)(=O)=O)c3)n2)c(OC)c1. The van der Waals surface area contributed by atoms with Crippen LogP contribution in [0.15, 0.2) is 45.8 Å². The summed E-state index contributed by atoms with van der Waals surface area (Å²) >= 11 is 0. The van der Waals surface area contributed by atoms with Gasteiger partial charge >= 0.3 is 5.97 Å². The molecule has 0 aliphatic heterocycles. The van der Waals surface area contributed by atoms with Crippen LogP contribution in [0, 0.1) is 0 Å². The monoisotopic (exact) mass is 449 g/mol. The molecule has 0 amide bonds. The summed E-state index contributed by atoms with van der Waals surface area (Å²) in [4.78, 5) is 16.2. The van der Waals surface area contributed by atoms with E-state index in [-0.39, 0.29) is 34.5 Å². The zero-order valence-corrected chi connectivity index (χ0v) is 17.6. The first kappa shape index (κ1) is 22.1. The Hall–Kier alpha value is -3.64. The molecule has 0 spiro atoms. The van der Waals surface area contributed by atoms with Crippen LogP contribution in [0.2, 0.25) is 0 Å². The Bertz CT molecular complexity index is 1210. The van der Waals surface area contributed by atoms with E-state index in [4.69, 9.17) is 28.6 Å². The van der Waals surface area contributed by atoms with Gasteiger partial charge in [0.2, 0.25) is 15.8 Å². The molecular formula is C19H19N3O8S. The van der Waals surface area contributed by atoms with E-state index in [2.05, 4.69) is 10.1 Å². The zero-order valence-electron chi connectivity index (χ0n) is 16.8. The van der Waals surface area contributed by atoms with Gasteiger partial charge < -0.3 is 23.5 Å². The number of rotatable bonds is 8. The van der Waals surface area contributed by atoms with E-state index in [1.165, 1.54) is 33.5 Å². The Morgan fingerprint density at radius 2 is 1.77 bits per heavy atom. The quantitative estimate of drug-likeness (QED) is 0.503. The number of sulfonamides is 1. The molecule has 0 aliphatic carbocycles. The van der Waals surface area contributed by atoms with Gasteiger partial charge in [0.05, 0.1) is 32.5 Å². The number of nitrogens with two attached hydrogens (primary N) is 1. The third-order valence-electron chi connectivity index (χ3n) is 4.15. The fourth-order valence-electron chi connectivity index (χ4n) is 2.64. The minimum atomic E-state index is -4.10. The lowest BCUT2D eigenvalue weighted by molar-refractivity contribution is 0.0429. The van der Waals surface area contributed by atoms with Crippen molar-refractivity contribution in [2.45, 2.75) is 11.5 Å². The standard InChI is InChI=1S/C19H19N3O8S/c1-26-12-5-6-13(15(9-12)28-3)18-21-17(30-22-18)10-29-19(23)11-4-7-14(27-2)16(8-11)31(20,24)25/h4-9H,10H2,1-3H3,(H2,20,24,25). The summed E-state index contributed by atoms with van der Waals surface area (Å²) in [5.74, 6) is 0.519. The third-order valence-corrected chi connectivity index (χ3v) is 5.08. The van der Waals surface area contributed by atoms with E-state index in [1.807, 2.05) is 0 Å². The van der Waals surface area contributed by atoms with E-state index in [1.54, 1.807) is 18.2 Å². The Kier molecular flexibility index (Phi) is 6.42. The largest absolute Gasteiger partial charge is 0.497 e. The average molecular weight is 449 g/mol. The molecule has 2 aromatic carbocycles. The molecule has 0 radical (unpaired) electrons. The lowest BCUT2D eigenvalue weighted by Gasteiger charge is -2.08. The minimum absolute atomic E-state index is 0.00836. The molecule has 0 atom stereocenters. The first-order valence-corrected chi connectivity index (χ1v) is 10.2. The van der Waals surface area contributed by atoms with Gasteiger partial charge in [0, 0.05) is 6.07 Å². The number of hydrogen-bond donors (Lipinski definition) is 1. The molecule has 11 nitrogen and oxygen atoms in total. The van der Waals surface area contributed by atoms with Crippen LogP contribution in [0.25, 0.3) is 11.4 Å². The summed E-state index contributed by atoms with van der Waals surface area (Å²) in [6.07, 6.45) is 0. The van der Waals surface area contributed by atoms with Crippen molar-refractivity contribution < 1.29 is 36.7 Å². The highest BCUT2D eigenvalue weighted by molar-refractivity contribution is 7.89. The van der Waals surface area contributed by atoms with Gasteiger partial charge in [0.1, 0.15) is 22.1 Å². The first-order chi connectivity index (χ1) is 14.8. The minimum Gasteiger partial charge on any atom is -0.497 e. The van der Waals surface area contributed by atoms with E-state index in [0.717, 1.165) is 6.07 Å². The molecule has 0 fully saturated rings. The van der Waals surface area contributed by atoms with Gasteiger partial charge in [0.15, 0.2) is 6.61 Å². The molecular weight excluding hydrogens is 430 g/mol. The van der Waals surface area contributed by atoms with Gasteiger partial charge in [-0.25, -0.2) is 18.4 Å². The average Bonchev–Trinajstić information content (AvgIpc) is 3.24. The molecule has 0 saturated heterocycles. The maximum absolute atomic E-state index is 12.3. The molecule has 1 heterocycles. The molecule has 31 heavy (non-hydrogen) atoms. The van der Waals surface area contributed by atoms with Crippen molar-refractivity contribution in [2.75, 3.05) is 21.3 Å². The van der Waals surface area contributed by atoms with Crippen LogP contribution < -0.4 is 19.3 Å². The maximum atomic E-state index is 12.3. The predicted octanol–water partition coefficient (Wildman–Crippen LogP) is 1.77. The number of carbonyl (C=O) groups is 1. The Morgan fingerprint density at radius 3 is 2.42 bits per heavy atom. The van der Waals surface area contributed by atoms with Gasteiger partial charge in [-0.05, 0) is 30.3 Å². The number of carbonyl (C=O) groups excluding carboxylic acids is 1. The van der Waals surface area contributed by atoms with E-state index in [0.29, 0.717) is 17.1 Å². The predicted molar refractivity (Wildman–Crippen MR) is 106 cm³/mol. The van der Waals surface area contributed by atoms with Crippen LogP contribution in [-0.2, 0) is 21.4 Å². The number of primary sulfonamides is 1. The van der Waals surface area contributed by atoms with Crippen LogP contribution in [0.3, 0.4) is 0 Å². The number of methoxy groups -OCH3 is 3. The van der Waals surface area contributed by atoms with Crippen molar-refractivity contribution in [1.29, 1.82) is 0 Å². The highest BCUT2D eigenvalue weighted by Gasteiger charge is 2.20. The van der Waals surface area contributed by atoms with Crippen LogP contribution in [0.5, 0.6) is 17.2 Å². The first-order valence-electron chi connectivity index (χ1n) is 8.69. The van der Waals surface area contributed by atoms with Crippen LogP contribution in [-0.4, -0.2) is 45.9 Å². The number of nitrogens with zero attached hydrogens (tertiary/aromatic N) is 2. The van der Waals surface area contributed by atoms with Crippen molar-refractivity contribution in [2.24, 2.45) is 5.14 Å². The molecule has 0 aliphatic rings. The molecule has 3 aromatic rings. The third kappa shape index (κ3) is 4.92. The number of esters is 1. The molecule has 0 unspecified atom stereocenters.